The van der Waals surface area contributed by atoms with E-state index in [1.165, 1.54) is 0 Å². The van der Waals surface area contributed by atoms with E-state index in [0.29, 0.717) is 18.0 Å². The van der Waals surface area contributed by atoms with Crippen molar-refractivity contribution in [2.24, 2.45) is 0 Å². The Balaban J connectivity index is 1.39. The third-order valence-corrected chi connectivity index (χ3v) is 5.29. The van der Waals surface area contributed by atoms with Crippen molar-refractivity contribution >= 4 is 5.91 Å². The second-order valence-electron chi connectivity index (χ2n) is 7.60. The average Bonchev–Trinajstić information content (AvgIpc) is 3.69. The number of nitrogens with zero attached hydrogens (tertiary/aromatic N) is 4. The molecule has 0 unspecified atom stereocenters. The highest BCUT2D eigenvalue weighted by atomic mass is 16.1. The maximum Gasteiger partial charge on any atom is 0.253 e. The molecule has 152 valence electrons. The van der Waals surface area contributed by atoms with E-state index in [-0.39, 0.29) is 5.91 Å². The zero-order chi connectivity index (χ0) is 21.0. The summed E-state index contributed by atoms with van der Waals surface area (Å²) in [5.41, 5.74) is 5.23. The fraction of sp³-hybridized carbons (Fsp3) is 0.160. The molecule has 0 radical (unpaired) electrons. The summed E-state index contributed by atoms with van der Waals surface area (Å²) in [4.78, 5) is 30.2. The molecular weight excluding hydrogens is 386 g/mol. The molecule has 6 nitrogen and oxygen atoms in total. The lowest BCUT2D eigenvalue weighted by Crippen LogP contribution is -2.22. The van der Waals surface area contributed by atoms with Crippen molar-refractivity contribution in [1.82, 2.24) is 25.3 Å². The van der Waals surface area contributed by atoms with Gasteiger partial charge in [0.2, 0.25) is 0 Å². The number of pyridine rings is 2. The first-order chi connectivity index (χ1) is 15.3. The van der Waals surface area contributed by atoms with Gasteiger partial charge in [0.15, 0.2) is 0 Å². The highest BCUT2D eigenvalue weighted by Gasteiger charge is 2.27. The number of hydrogen-bond acceptors (Lipinski definition) is 5. The van der Waals surface area contributed by atoms with E-state index in [1.54, 1.807) is 30.7 Å². The third-order valence-electron chi connectivity index (χ3n) is 5.29. The summed E-state index contributed by atoms with van der Waals surface area (Å²) in [5, 5.41) is 2.93. The minimum atomic E-state index is -0.139. The Morgan fingerprint density at radius 3 is 2.52 bits per heavy atom. The summed E-state index contributed by atoms with van der Waals surface area (Å²) < 4.78 is 0. The Morgan fingerprint density at radius 1 is 0.935 bits per heavy atom. The van der Waals surface area contributed by atoms with Gasteiger partial charge in [-0.05, 0) is 42.7 Å². The summed E-state index contributed by atoms with van der Waals surface area (Å²) in [7, 11) is 0. The minimum Gasteiger partial charge on any atom is -0.348 e. The summed E-state index contributed by atoms with van der Waals surface area (Å²) in [5.74, 6) is 1.24. The molecule has 31 heavy (non-hydrogen) atoms. The lowest BCUT2D eigenvalue weighted by atomic mass is 10.0. The molecule has 1 aromatic carbocycles. The van der Waals surface area contributed by atoms with Crippen molar-refractivity contribution in [1.29, 1.82) is 0 Å². The molecule has 0 aliphatic heterocycles. The van der Waals surface area contributed by atoms with Crippen molar-refractivity contribution in [2.75, 3.05) is 0 Å². The molecule has 0 saturated heterocycles. The molecule has 0 atom stereocenters. The first-order valence-electron chi connectivity index (χ1n) is 10.3. The molecule has 1 aliphatic carbocycles. The fourth-order valence-corrected chi connectivity index (χ4v) is 3.43. The largest absolute Gasteiger partial charge is 0.348 e. The van der Waals surface area contributed by atoms with Gasteiger partial charge in [-0.2, -0.15) is 0 Å². The molecule has 0 bridgehead atoms. The van der Waals surface area contributed by atoms with Gasteiger partial charge in [0, 0.05) is 48.4 Å². The van der Waals surface area contributed by atoms with Gasteiger partial charge in [0.25, 0.3) is 5.91 Å². The minimum absolute atomic E-state index is 0.139. The van der Waals surface area contributed by atoms with E-state index in [9.17, 15) is 4.79 Å². The van der Waals surface area contributed by atoms with Gasteiger partial charge in [0.05, 0.1) is 17.0 Å². The van der Waals surface area contributed by atoms with Gasteiger partial charge < -0.3 is 5.32 Å². The summed E-state index contributed by atoms with van der Waals surface area (Å²) in [6.45, 7) is 0.443. The molecule has 4 aromatic rings. The van der Waals surface area contributed by atoms with Crippen molar-refractivity contribution < 1.29 is 4.79 Å². The van der Waals surface area contributed by atoms with Gasteiger partial charge in [-0.15, -0.1) is 0 Å². The molecular formula is C25H21N5O. The van der Waals surface area contributed by atoms with Crippen LogP contribution in [0.4, 0.5) is 0 Å². The zero-order valence-electron chi connectivity index (χ0n) is 16.9. The van der Waals surface area contributed by atoms with Crippen LogP contribution in [0.15, 0.2) is 79.4 Å². The normalized spacial score (nSPS) is 13.0. The molecule has 1 fully saturated rings. The first kappa shape index (κ1) is 19.1. The lowest BCUT2D eigenvalue weighted by molar-refractivity contribution is 0.0950. The van der Waals surface area contributed by atoms with Crippen molar-refractivity contribution in [3.63, 3.8) is 0 Å². The molecule has 0 spiro atoms. The number of hydrogen-bond donors (Lipinski definition) is 1. The van der Waals surface area contributed by atoms with Gasteiger partial charge >= 0.3 is 0 Å². The van der Waals surface area contributed by atoms with Crippen LogP contribution in [0.5, 0.6) is 0 Å². The topological polar surface area (TPSA) is 80.7 Å². The number of amides is 1. The lowest BCUT2D eigenvalue weighted by Gasteiger charge is -2.11. The smallest absolute Gasteiger partial charge is 0.253 e. The van der Waals surface area contributed by atoms with E-state index in [0.717, 1.165) is 46.7 Å². The number of benzene rings is 1. The molecule has 3 aromatic heterocycles. The number of carbonyl (C=O) groups excluding carboxylic acids is 1. The van der Waals surface area contributed by atoms with E-state index < -0.39 is 0 Å². The van der Waals surface area contributed by atoms with Crippen LogP contribution in [-0.4, -0.2) is 25.8 Å². The zero-order valence-corrected chi connectivity index (χ0v) is 16.9. The van der Waals surface area contributed by atoms with E-state index in [4.69, 9.17) is 4.98 Å². The summed E-state index contributed by atoms with van der Waals surface area (Å²) in [6, 6.07) is 17.4. The number of rotatable bonds is 6. The third kappa shape index (κ3) is 4.33. The van der Waals surface area contributed by atoms with Crippen molar-refractivity contribution in [3.8, 4) is 22.5 Å². The molecule has 5 rings (SSSR count). The second-order valence-corrected chi connectivity index (χ2v) is 7.60. The number of nitrogens with one attached hydrogen (secondary N) is 1. The van der Waals surface area contributed by atoms with E-state index in [2.05, 4.69) is 20.3 Å². The van der Waals surface area contributed by atoms with Crippen LogP contribution >= 0.6 is 0 Å². The second kappa shape index (κ2) is 8.44. The van der Waals surface area contributed by atoms with Crippen molar-refractivity contribution in [2.45, 2.75) is 25.3 Å². The number of carbonyl (C=O) groups is 1. The van der Waals surface area contributed by atoms with Crippen LogP contribution in [0.3, 0.4) is 0 Å². The van der Waals surface area contributed by atoms with Crippen LogP contribution in [0.2, 0.25) is 0 Å². The first-order valence-corrected chi connectivity index (χ1v) is 10.3. The Hall–Kier alpha value is -3.93. The van der Waals surface area contributed by atoms with Gasteiger partial charge in [-0.25, -0.2) is 9.97 Å². The Morgan fingerprint density at radius 2 is 1.81 bits per heavy atom. The maximum absolute atomic E-state index is 12.2. The Bertz CT molecular complexity index is 1190. The Kier molecular flexibility index (Phi) is 5.19. The fourth-order valence-electron chi connectivity index (χ4n) is 3.43. The highest BCUT2D eigenvalue weighted by molar-refractivity contribution is 5.93. The monoisotopic (exact) mass is 407 g/mol. The highest BCUT2D eigenvalue weighted by Crippen LogP contribution is 2.40. The quantitative estimate of drug-likeness (QED) is 0.512. The van der Waals surface area contributed by atoms with Crippen LogP contribution in [-0.2, 0) is 6.54 Å². The van der Waals surface area contributed by atoms with E-state index in [1.807, 2.05) is 48.7 Å². The number of aromatic nitrogens is 4. The average molecular weight is 407 g/mol. The molecule has 1 saturated carbocycles. The van der Waals surface area contributed by atoms with Crippen LogP contribution < -0.4 is 5.32 Å². The molecule has 1 amide bonds. The summed E-state index contributed by atoms with van der Waals surface area (Å²) in [6.07, 6.45) is 9.18. The van der Waals surface area contributed by atoms with Gasteiger partial charge in [-0.3, -0.25) is 14.8 Å². The molecule has 1 aliphatic rings. The molecule has 6 heteroatoms. The van der Waals surface area contributed by atoms with Crippen LogP contribution in [0.1, 0.15) is 40.5 Å². The molecule has 1 N–H and O–H groups in total. The van der Waals surface area contributed by atoms with Gasteiger partial charge in [-0.1, -0.05) is 30.3 Å². The van der Waals surface area contributed by atoms with E-state index >= 15 is 0 Å². The van der Waals surface area contributed by atoms with Gasteiger partial charge in [0.1, 0.15) is 5.82 Å². The Labute approximate surface area is 180 Å². The standard InChI is InChI=1S/C25H21N5O/c31-25(20-4-3-12-26-15-20)29-14-17-6-8-18(9-7-17)23-21(22-5-1-2-13-27-22)16-28-24(30-23)19-10-11-19/h1-9,12-13,15-16,19H,10-11,14H2,(H,29,31). The maximum atomic E-state index is 12.2. The van der Waals surface area contributed by atoms with Crippen molar-refractivity contribution in [3.05, 3.63) is 96.3 Å². The van der Waals surface area contributed by atoms with Crippen LogP contribution in [0.25, 0.3) is 22.5 Å². The molecule has 3 heterocycles. The predicted octanol–water partition coefficient (Wildman–Crippen LogP) is 4.41. The summed E-state index contributed by atoms with van der Waals surface area (Å²) >= 11 is 0. The SMILES string of the molecule is O=C(NCc1ccc(-c2nc(C3CC3)ncc2-c2ccccn2)cc1)c1cccnc1. The van der Waals surface area contributed by atoms with Crippen LogP contribution in [0, 0.1) is 0 Å². The predicted molar refractivity (Wildman–Crippen MR) is 118 cm³/mol.